The van der Waals surface area contributed by atoms with E-state index < -0.39 is 11.5 Å². The molecule has 92 valence electrons. The van der Waals surface area contributed by atoms with Crippen LogP contribution in [0.3, 0.4) is 0 Å². The van der Waals surface area contributed by atoms with Crippen LogP contribution in [0, 0.1) is 0 Å². The predicted octanol–water partition coefficient (Wildman–Crippen LogP) is 0.642. The molecular formula is C12H16N2O3. The third-order valence-corrected chi connectivity index (χ3v) is 3.11. The number of rotatable bonds is 4. The SMILES string of the molecule is O=C(O)c1cccn(CCN2CCCC2)c1=O. The molecule has 17 heavy (non-hydrogen) atoms. The van der Waals surface area contributed by atoms with Crippen molar-refractivity contribution in [3.8, 4) is 0 Å². The van der Waals surface area contributed by atoms with Gasteiger partial charge in [0.25, 0.3) is 5.56 Å². The lowest BCUT2D eigenvalue weighted by atomic mass is 10.3. The van der Waals surface area contributed by atoms with Crippen LogP contribution in [0.4, 0.5) is 0 Å². The molecule has 0 radical (unpaired) electrons. The molecule has 1 N–H and O–H groups in total. The fourth-order valence-corrected chi connectivity index (χ4v) is 2.13. The minimum Gasteiger partial charge on any atom is -0.477 e. The van der Waals surface area contributed by atoms with Crippen LogP contribution >= 0.6 is 0 Å². The number of nitrogens with zero attached hydrogens (tertiary/aromatic N) is 2. The van der Waals surface area contributed by atoms with Crippen LogP contribution in [-0.2, 0) is 6.54 Å². The van der Waals surface area contributed by atoms with Gasteiger partial charge in [-0.05, 0) is 38.1 Å². The van der Waals surface area contributed by atoms with E-state index in [1.54, 1.807) is 12.3 Å². The summed E-state index contributed by atoms with van der Waals surface area (Å²) in [4.78, 5) is 24.9. The Bertz CT molecular complexity index is 461. The molecular weight excluding hydrogens is 220 g/mol. The van der Waals surface area contributed by atoms with Gasteiger partial charge in [0, 0.05) is 19.3 Å². The largest absolute Gasteiger partial charge is 0.477 e. The lowest BCUT2D eigenvalue weighted by molar-refractivity contribution is 0.0694. The number of pyridine rings is 1. The fourth-order valence-electron chi connectivity index (χ4n) is 2.13. The number of carboxylic acid groups (broad SMARTS) is 1. The zero-order chi connectivity index (χ0) is 12.3. The third kappa shape index (κ3) is 2.74. The molecule has 1 saturated heterocycles. The Morgan fingerprint density at radius 2 is 2.00 bits per heavy atom. The average Bonchev–Trinajstić information content (AvgIpc) is 2.80. The van der Waals surface area contributed by atoms with Crippen molar-refractivity contribution in [2.24, 2.45) is 0 Å². The molecule has 0 amide bonds. The quantitative estimate of drug-likeness (QED) is 0.833. The zero-order valence-electron chi connectivity index (χ0n) is 9.63. The summed E-state index contributed by atoms with van der Waals surface area (Å²) in [6, 6.07) is 2.95. The lowest BCUT2D eigenvalue weighted by Crippen LogP contribution is -2.31. The van der Waals surface area contributed by atoms with Crippen LogP contribution in [0.25, 0.3) is 0 Å². The number of aromatic carboxylic acids is 1. The number of hydrogen-bond acceptors (Lipinski definition) is 3. The smallest absolute Gasteiger partial charge is 0.341 e. The highest BCUT2D eigenvalue weighted by Gasteiger charge is 2.13. The first-order valence-corrected chi connectivity index (χ1v) is 5.83. The summed E-state index contributed by atoms with van der Waals surface area (Å²) in [5.74, 6) is -1.16. The minimum atomic E-state index is -1.16. The molecule has 0 bridgehead atoms. The second-order valence-corrected chi connectivity index (χ2v) is 4.27. The number of likely N-dealkylation sites (tertiary alicyclic amines) is 1. The normalized spacial score (nSPS) is 16.2. The Labute approximate surface area is 99.3 Å². The second kappa shape index (κ2) is 5.14. The van der Waals surface area contributed by atoms with E-state index in [2.05, 4.69) is 4.90 Å². The molecule has 0 atom stereocenters. The van der Waals surface area contributed by atoms with Crippen LogP contribution in [0.2, 0.25) is 0 Å². The minimum absolute atomic E-state index is 0.158. The molecule has 1 aromatic heterocycles. The average molecular weight is 236 g/mol. The Kier molecular flexibility index (Phi) is 3.58. The highest BCUT2D eigenvalue weighted by Crippen LogP contribution is 2.06. The van der Waals surface area contributed by atoms with Gasteiger partial charge in [-0.3, -0.25) is 4.79 Å². The van der Waals surface area contributed by atoms with Crippen LogP contribution in [0.5, 0.6) is 0 Å². The van der Waals surface area contributed by atoms with Gasteiger partial charge in [-0.2, -0.15) is 0 Å². The van der Waals surface area contributed by atoms with E-state index in [0.717, 1.165) is 19.6 Å². The maximum Gasteiger partial charge on any atom is 0.341 e. The molecule has 2 heterocycles. The molecule has 0 aliphatic carbocycles. The standard InChI is InChI=1S/C12H16N2O3/c15-11-10(12(16)17)4-3-7-14(11)9-8-13-5-1-2-6-13/h3-4,7H,1-2,5-6,8-9H2,(H,16,17). The van der Waals surface area contributed by atoms with E-state index in [1.165, 1.54) is 23.5 Å². The Morgan fingerprint density at radius 3 is 2.65 bits per heavy atom. The summed E-state index contributed by atoms with van der Waals surface area (Å²) >= 11 is 0. The first-order chi connectivity index (χ1) is 8.18. The van der Waals surface area contributed by atoms with Crippen LogP contribution in [0.15, 0.2) is 23.1 Å². The molecule has 0 aromatic carbocycles. The van der Waals surface area contributed by atoms with Crippen molar-refractivity contribution < 1.29 is 9.90 Å². The topological polar surface area (TPSA) is 62.5 Å². The van der Waals surface area contributed by atoms with Crippen molar-refractivity contribution in [2.45, 2.75) is 19.4 Å². The molecule has 5 heteroatoms. The van der Waals surface area contributed by atoms with Crippen molar-refractivity contribution in [1.82, 2.24) is 9.47 Å². The second-order valence-electron chi connectivity index (χ2n) is 4.27. The van der Waals surface area contributed by atoms with Gasteiger partial charge in [-0.25, -0.2) is 4.79 Å². The summed E-state index contributed by atoms with van der Waals surface area (Å²) in [7, 11) is 0. The van der Waals surface area contributed by atoms with Crippen molar-refractivity contribution >= 4 is 5.97 Å². The maximum atomic E-state index is 11.8. The van der Waals surface area contributed by atoms with Gasteiger partial charge < -0.3 is 14.6 Å². The molecule has 0 saturated carbocycles. The number of aromatic nitrogens is 1. The van der Waals surface area contributed by atoms with Crippen molar-refractivity contribution in [3.63, 3.8) is 0 Å². The lowest BCUT2D eigenvalue weighted by Gasteiger charge is -2.15. The summed E-state index contributed by atoms with van der Waals surface area (Å²) < 4.78 is 1.47. The first-order valence-electron chi connectivity index (χ1n) is 5.83. The molecule has 1 aromatic rings. The molecule has 5 nitrogen and oxygen atoms in total. The van der Waals surface area contributed by atoms with E-state index in [4.69, 9.17) is 5.11 Å². The van der Waals surface area contributed by atoms with Crippen molar-refractivity contribution in [2.75, 3.05) is 19.6 Å². The van der Waals surface area contributed by atoms with Crippen LogP contribution in [0.1, 0.15) is 23.2 Å². The highest BCUT2D eigenvalue weighted by atomic mass is 16.4. The molecule has 2 rings (SSSR count). The Morgan fingerprint density at radius 1 is 1.29 bits per heavy atom. The molecule has 1 aliphatic heterocycles. The molecule has 0 unspecified atom stereocenters. The zero-order valence-corrected chi connectivity index (χ0v) is 9.63. The van der Waals surface area contributed by atoms with E-state index >= 15 is 0 Å². The van der Waals surface area contributed by atoms with Gasteiger partial charge in [0.15, 0.2) is 0 Å². The van der Waals surface area contributed by atoms with Gasteiger partial charge in [0.2, 0.25) is 0 Å². The third-order valence-electron chi connectivity index (χ3n) is 3.11. The summed E-state index contributed by atoms with van der Waals surface area (Å²) in [5, 5.41) is 8.85. The van der Waals surface area contributed by atoms with E-state index in [9.17, 15) is 9.59 Å². The summed E-state index contributed by atoms with van der Waals surface area (Å²) in [5.41, 5.74) is -0.576. The van der Waals surface area contributed by atoms with E-state index in [-0.39, 0.29) is 5.56 Å². The summed E-state index contributed by atoms with van der Waals surface area (Å²) in [6.07, 6.45) is 4.07. The van der Waals surface area contributed by atoms with Crippen molar-refractivity contribution in [3.05, 3.63) is 34.2 Å². The molecule has 0 spiro atoms. The number of hydrogen-bond donors (Lipinski definition) is 1. The molecule has 1 aliphatic rings. The number of carbonyl (C=O) groups is 1. The predicted molar refractivity (Wildman–Crippen MR) is 63.3 cm³/mol. The van der Waals surface area contributed by atoms with Gasteiger partial charge in [-0.1, -0.05) is 0 Å². The first kappa shape index (κ1) is 11.9. The number of carboxylic acids is 1. The Balaban J connectivity index is 2.07. The Hall–Kier alpha value is -1.62. The fraction of sp³-hybridized carbons (Fsp3) is 0.500. The van der Waals surface area contributed by atoms with E-state index in [1.807, 2.05) is 0 Å². The van der Waals surface area contributed by atoms with Crippen molar-refractivity contribution in [1.29, 1.82) is 0 Å². The molecule has 1 fully saturated rings. The van der Waals surface area contributed by atoms with Gasteiger partial charge in [0.05, 0.1) is 0 Å². The monoisotopic (exact) mass is 236 g/mol. The van der Waals surface area contributed by atoms with Crippen LogP contribution in [-0.4, -0.2) is 40.2 Å². The van der Waals surface area contributed by atoms with Gasteiger partial charge in [-0.15, -0.1) is 0 Å². The summed E-state index contributed by atoms with van der Waals surface area (Å²) in [6.45, 7) is 3.52. The van der Waals surface area contributed by atoms with Gasteiger partial charge >= 0.3 is 5.97 Å². The van der Waals surface area contributed by atoms with Crippen LogP contribution < -0.4 is 5.56 Å². The van der Waals surface area contributed by atoms with E-state index in [0.29, 0.717) is 6.54 Å². The maximum absolute atomic E-state index is 11.8. The van der Waals surface area contributed by atoms with Gasteiger partial charge in [0.1, 0.15) is 5.56 Å². The highest BCUT2D eigenvalue weighted by molar-refractivity contribution is 5.86.